The van der Waals surface area contributed by atoms with Crippen molar-refractivity contribution in [3.8, 4) is 11.9 Å². The molecule has 0 bridgehead atoms. The molecule has 1 aromatic heterocycles. The molecule has 4 rings (SSSR count). The van der Waals surface area contributed by atoms with E-state index >= 15 is 0 Å². The number of alkyl halides is 2. The number of halogens is 2. The number of nitriles is 1. The van der Waals surface area contributed by atoms with Crippen LogP contribution >= 0.6 is 0 Å². The van der Waals surface area contributed by atoms with Gasteiger partial charge in [-0.15, -0.1) is 0 Å². The summed E-state index contributed by atoms with van der Waals surface area (Å²) in [5.74, 6) is -2.64. The summed E-state index contributed by atoms with van der Waals surface area (Å²) < 4.78 is 58.7. The number of rotatable bonds is 7. The molecule has 0 saturated heterocycles. The van der Waals surface area contributed by atoms with E-state index in [4.69, 9.17) is 4.74 Å². The monoisotopic (exact) mass is 479 g/mol. The fraction of sp³-hybridized carbons (Fsp3) is 0.476. The molecule has 9 nitrogen and oxygen atoms in total. The Morgan fingerprint density at radius 3 is 2.52 bits per heavy atom. The lowest BCUT2D eigenvalue weighted by Crippen LogP contribution is -2.50. The Labute approximate surface area is 189 Å². The van der Waals surface area contributed by atoms with E-state index in [1.165, 1.54) is 30.5 Å². The average Bonchev–Trinajstić information content (AvgIpc) is 2.74. The number of benzene rings is 1. The van der Waals surface area contributed by atoms with Gasteiger partial charge in [0.25, 0.3) is 5.92 Å². The van der Waals surface area contributed by atoms with Crippen molar-refractivity contribution < 1.29 is 27.0 Å². The van der Waals surface area contributed by atoms with Gasteiger partial charge in [-0.05, 0) is 43.5 Å². The highest BCUT2D eigenvalue weighted by molar-refractivity contribution is 7.89. The van der Waals surface area contributed by atoms with E-state index in [0.717, 1.165) is 12.8 Å². The van der Waals surface area contributed by atoms with E-state index in [1.807, 2.05) is 6.07 Å². The second-order valence-corrected chi connectivity index (χ2v) is 9.98. The van der Waals surface area contributed by atoms with Gasteiger partial charge in [0.2, 0.25) is 21.9 Å². The van der Waals surface area contributed by atoms with E-state index in [0.29, 0.717) is 18.5 Å². The van der Waals surface area contributed by atoms with Crippen molar-refractivity contribution in [3.63, 3.8) is 0 Å². The number of ether oxygens (including phenoxy) is 1. The van der Waals surface area contributed by atoms with Crippen LogP contribution in [0.25, 0.3) is 0 Å². The van der Waals surface area contributed by atoms with Crippen LogP contribution in [0.4, 0.5) is 20.4 Å². The van der Waals surface area contributed by atoms with Crippen molar-refractivity contribution in [2.45, 2.75) is 67.6 Å². The normalized spacial score (nSPS) is 22.7. The van der Waals surface area contributed by atoms with Gasteiger partial charge in [-0.1, -0.05) is 6.42 Å². The van der Waals surface area contributed by atoms with E-state index in [9.17, 15) is 27.6 Å². The molecule has 0 aliphatic heterocycles. The Morgan fingerprint density at radius 1 is 1.18 bits per heavy atom. The van der Waals surface area contributed by atoms with Crippen LogP contribution in [-0.2, 0) is 10.0 Å². The Bertz CT molecular complexity index is 1150. The number of hydrogen-bond acceptors (Lipinski definition) is 8. The number of nitrogens with one attached hydrogen (secondary N) is 2. The number of aromatic nitrogens is 2. The number of aliphatic hydroxyl groups excluding tert-OH is 1. The zero-order valence-electron chi connectivity index (χ0n) is 17.5. The van der Waals surface area contributed by atoms with Crippen LogP contribution < -0.4 is 14.8 Å². The quantitative estimate of drug-likeness (QED) is 0.551. The minimum absolute atomic E-state index is 0.0562. The number of nitrogens with zero attached hydrogens (tertiary/aromatic N) is 3. The van der Waals surface area contributed by atoms with Gasteiger partial charge in [0.1, 0.15) is 17.7 Å². The third-order valence-corrected chi connectivity index (χ3v) is 7.17. The van der Waals surface area contributed by atoms with Crippen molar-refractivity contribution >= 4 is 21.7 Å². The SMILES string of the molecule is N#Cc1cnc(Nc2ccc(S(=O)(=O)NC3CC(F)(F)C3)cc2)nc1O[C@H]1CCCC[C@H]1O. The van der Waals surface area contributed by atoms with Crippen molar-refractivity contribution in [3.05, 3.63) is 36.0 Å². The Balaban J connectivity index is 1.44. The van der Waals surface area contributed by atoms with E-state index in [-0.39, 0.29) is 22.3 Å². The minimum Gasteiger partial charge on any atom is -0.471 e. The van der Waals surface area contributed by atoms with Crippen LogP contribution in [-0.4, -0.2) is 47.7 Å². The van der Waals surface area contributed by atoms with Crippen LogP contribution in [0.15, 0.2) is 35.4 Å². The molecule has 0 spiro atoms. The summed E-state index contributed by atoms with van der Waals surface area (Å²) in [7, 11) is -3.92. The van der Waals surface area contributed by atoms with Crippen LogP contribution in [0.1, 0.15) is 44.1 Å². The van der Waals surface area contributed by atoms with Crippen LogP contribution in [0.2, 0.25) is 0 Å². The highest BCUT2D eigenvalue weighted by atomic mass is 32.2. The first-order valence-electron chi connectivity index (χ1n) is 10.5. The zero-order valence-corrected chi connectivity index (χ0v) is 18.4. The molecule has 1 aromatic carbocycles. The summed E-state index contributed by atoms with van der Waals surface area (Å²) in [6, 6.07) is 6.82. The summed E-state index contributed by atoms with van der Waals surface area (Å²) in [4.78, 5) is 8.25. The molecule has 2 fully saturated rings. The predicted octanol–water partition coefficient (Wildman–Crippen LogP) is 2.85. The molecule has 2 aliphatic rings. The van der Waals surface area contributed by atoms with Gasteiger partial charge < -0.3 is 15.2 Å². The van der Waals surface area contributed by atoms with Crippen LogP contribution in [0.5, 0.6) is 5.88 Å². The number of sulfonamides is 1. The van der Waals surface area contributed by atoms with Crippen LogP contribution in [0, 0.1) is 11.3 Å². The highest BCUT2D eigenvalue weighted by Crippen LogP contribution is 2.38. The third-order valence-electron chi connectivity index (χ3n) is 5.64. The Kier molecular flexibility index (Phi) is 6.47. The summed E-state index contributed by atoms with van der Waals surface area (Å²) >= 11 is 0. The van der Waals surface area contributed by atoms with Gasteiger partial charge in [0.05, 0.1) is 17.2 Å². The van der Waals surface area contributed by atoms with Crippen molar-refractivity contribution in [1.82, 2.24) is 14.7 Å². The number of hydrogen-bond donors (Lipinski definition) is 3. The zero-order chi connectivity index (χ0) is 23.6. The molecule has 2 aliphatic carbocycles. The molecule has 0 amide bonds. The lowest BCUT2D eigenvalue weighted by molar-refractivity contribution is -0.0876. The van der Waals surface area contributed by atoms with Crippen molar-refractivity contribution in [2.24, 2.45) is 0 Å². The predicted molar refractivity (Wildman–Crippen MR) is 114 cm³/mol. The molecule has 176 valence electrons. The van der Waals surface area contributed by atoms with Crippen molar-refractivity contribution in [1.29, 1.82) is 5.26 Å². The maximum atomic E-state index is 13.0. The molecule has 12 heteroatoms. The molecular formula is C21H23F2N5O4S. The van der Waals surface area contributed by atoms with E-state index < -0.39 is 47.0 Å². The Hall–Kier alpha value is -2.88. The fourth-order valence-electron chi connectivity index (χ4n) is 3.83. The summed E-state index contributed by atoms with van der Waals surface area (Å²) in [6.45, 7) is 0. The molecule has 33 heavy (non-hydrogen) atoms. The molecule has 0 unspecified atom stereocenters. The topological polar surface area (TPSA) is 137 Å². The molecule has 2 saturated carbocycles. The van der Waals surface area contributed by atoms with Gasteiger partial charge >= 0.3 is 0 Å². The average molecular weight is 480 g/mol. The Morgan fingerprint density at radius 2 is 1.88 bits per heavy atom. The number of aliphatic hydroxyl groups is 1. The first-order valence-corrected chi connectivity index (χ1v) is 12.0. The molecule has 0 radical (unpaired) electrons. The maximum Gasteiger partial charge on any atom is 0.251 e. The lowest BCUT2D eigenvalue weighted by atomic mass is 9.89. The van der Waals surface area contributed by atoms with Gasteiger partial charge in [-0.2, -0.15) is 10.2 Å². The van der Waals surface area contributed by atoms with Gasteiger partial charge in [-0.3, -0.25) is 0 Å². The fourth-order valence-corrected chi connectivity index (χ4v) is 5.07. The first kappa shape index (κ1) is 23.3. The summed E-state index contributed by atoms with van der Waals surface area (Å²) in [6.07, 6.45) is 2.29. The second kappa shape index (κ2) is 9.17. The number of anilines is 2. The van der Waals surface area contributed by atoms with Crippen LogP contribution in [0.3, 0.4) is 0 Å². The van der Waals surface area contributed by atoms with Gasteiger partial charge in [-0.25, -0.2) is 26.9 Å². The first-order chi connectivity index (χ1) is 15.6. The van der Waals surface area contributed by atoms with E-state index in [1.54, 1.807) is 0 Å². The van der Waals surface area contributed by atoms with Gasteiger partial charge in [0, 0.05) is 24.6 Å². The minimum atomic E-state index is -3.92. The van der Waals surface area contributed by atoms with E-state index in [2.05, 4.69) is 20.0 Å². The maximum absolute atomic E-state index is 13.0. The largest absolute Gasteiger partial charge is 0.471 e. The third kappa shape index (κ3) is 5.55. The summed E-state index contributed by atoms with van der Waals surface area (Å²) in [5.41, 5.74) is 0.602. The molecule has 3 N–H and O–H groups in total. The van der Waals surface area contributed by atoms with Crippen molar-refractivity contribution in [2.75, 3.05) is 5.32 Å². The smallest absolute Gasteiger partial charge is 0.251 e. The second-order valence-electron chi connectivity index (χ2n) is 8.26. The standard InChI is InChI=1S/C21H23F2N5O4S/c22-21(23)9-15(10-21)28-33(30,31)16-7-5-14(6-8-16)26-20-25-12-13(11-24)19(27-20)32-18-4-2-1-3-17(18)29/h5-8,12,15,17-18,28-29H,1-4,9-10H2,(H,25,26,27)/t17-,18+/m1/s1. The molecule has 1 heterocycles. The lowest BCUT2D eigenvalue weighted by Gasteiger charge is -2.34. The molecule has 2 aromatic rings. The van der Waals surface area contributed by atoms with Gasteiger partial charge in [0.15, 0.2) is 0 Å². The molecule has 2 atom stereocenters. The molecular weight excluding hydrogens is 456 g/mol. The highest BCUT2D eigenvalue weighted by Gasteiger charge is 2.46. The summed E-state index contributed by atoms with van der Waals surface area (Å²) in [5, 5.41) is 22.4.